The molecule has 0 aliphatic heterocycles. The van der Waals surface area contributed by atoms with E-state index in [2.05, 4.69) is 31.3 Å². The number of amides is 4. The number of benzene rings is 3. The molecule has 0 bridgehead atoms. The first-order chi connectivity index (χ1) is 23.3. The molecule has 3 aromatic carbocycles. The van der Waals surface area contributed by atoms with Crippen molar-refractivity contribution in [1.82, 2.24) is 21.3 Å². The number of carboxylic acid groups (broad SMARTS) is 1. The molecule has 0 radical (unpaired) electrons. The van der Waals surface area contributed by atoms with Crippen LogP contribution in [0.2, 0.25) is 0 Å². The van der Waals surface area contributed by atoms with Crippen LogP contribution in [0.5, 0.6) is 0 Å². The van der Waals surface area contributed by atoms with Crippen LogP contribution in [0.1, 0.15) is 41.9 Å². The maximum absolute atomic E-state index is 13.0. The van der Waals surface area contributed by atoms with Crippen LogP contribution in [-0.4, -0.2) is 73.2 Å². The molecular formula is C34H37N7O7. The summed E-state index contributed by atoms with van der Waals surface area (Å²) in [7, 11) is 0. The van der Waals surface area contributed by atoms with E-state index in [9.17, 15) is 29.1 Å². The Kier molecular flexibility index (Phi) is 12.9. The van der Waals surface area contributed by atoms with Gasteiger partial charge in [0, 0.05) is 23.8 Å². The molecule has 1 aliphatic rings. The number of fused-ring (bicyclic) bond motifs is 3. The van der Waals surface area contributed by atoms with Crippen molar-refractivity contribution in [3.8, 4) is 11.1 Å². The maximum Gasteiger partial charge on any atom is 0.407 e. The van der Waals surface area contributed by atoms with E-state index in [1.165, 1.54) is 0 Å². The van der Waals surface area contributed by atoms with Gasteiger partial charge in [0.1, 0.15) is 18.7 Å². The third-order valence-corrected chi connectivity index (χ3v) is 7.80. The molecule has 2 atom stereocenters. The van der Waals surface area contributed by atoms with Crippen molar-refractivity contribution in [2.75, 3.05) is 26.2 Å². The van der Waals surface area contributed by atoms with Crippen LogP contribution >= 0.6 is 0 Å². The largest absolute Gasteiger partial charge is 0.480 e. The summed E-state index contributed by atoms with van der Waals surface area (Å²) in [4.78, 5) is 65.0. The molecule has 14 heteroatoms. The van der Waals surface area contributed by atoms with Crippen molar-refractivity contribution >= 4 is 29.8 Å². The van der Waals surface area contributed by atoms with Gasteiger partial charge in [0.25, 0.3) is 0 Å². The van der Waals surface area contributed by atoms with Gasteiger partial charge >= 0.3 is 12.1 Å². The molecule has 14 nitrogen and oxygen atoms in total. The van der Waals surface area contributed by atoms with E-state index < -0.39 is 55.0 Å². The third-order valence-electron chi connectivity index (χ3n) is 7.80. The second-order valence-corrected chi connectivity index (χ2v) is 11.1. The highest BCUT2D eigenvalue weighted by molar-refractivity contribution is 5.91. The van der Waals surface area contributed by atoms with Crippen LogP contribution in [-0.2, 0) is 30.3 Å². The molecule has 48 heavy (non-hydrogen) atoms. The summed E-state index contributed by atoms with van der Waals surface area (Å²) in [6, 6.07) is 22.3. The molecular weight excluding hydrogens is 618 g/mol. The molecule has 0 saturated heterocycles. The minimum atomic E-state index is -1.22. The van der Waals surface area contributed by atoms with Crippen molar-refractivity contribution in [1.29, 1.82) is 0 Å². The van der Waals surface area contributed by atoms with Gasteiger partial charge in [-0.3, -0.25) is 14.4 Å². The van der Waals surface area contributed by atoms with Gasteiger partial charge < -0.3 is 31.1 Å². The molecule has 3 aromatic rings. The number of hydrogen-bond donors (Lipinski definition) is 5. The standard InChI is InChI=1S/C34H37N7O7/c35-41-38-17-9-8-16-28(40-34(47)48-21-27-25-14-6-4-12-23(25)24-13-5-7-15-26(24)27)32(44)37-19-30(42)36-20-31(43)39-29(33(45)46)18-22-10-2-1-3-11-22/h1-7,10-15,27-29H,8-9,16-21H2,(H,36,42)(H,37,44)(H,39,43)(H,40,47)(H,45,46)/t28-,29+/m1/s1. The lowest BCUT2D eigenvalue weighted by atomic mass is 9.98. The first kappa shape index (κ1) is 35.0. The van der Waals surface area contributed by atoms with E-state index in [1.807, 2.05) is 48.5 Å². The maximum atomic E-state index is 13.0. The van der Waals surface area contributed by atoms with Gasteiger partial charge in [-0.2, -0.15) is 0 Å². The van der Waals surface area contributed by atoms with E-state index in [-0.39, 0.29) is 31.9 Å². The molecule has 0 saturated carbocycles. The number of aliphatic carboxylic acids is 1. The number of azide groups is 1. The Bertz CT molecular complexity index is 1610. The van der Waals surface area contributed by atoms with Crippen molar-refractivity contribution in [3.05, 3.63) is 106 Å². The number of ether oxygens (including phenoxy) is 1. The Morgan fingerprint density at radius 2 is 1.42 bits per heavy atom. The number of carboxylic acids is 1. The highest BCUT2D eigenvalue weighted by Gasteiger charge is 2.30. The number of carbonyl (C=O) groups is 5. The number of nitrogens with zero attached hydrogens (tertiary/aromatic N) is 3. The second kappa shape index (κ2) is 17.7. The Labute approximate surface area is 276 Å². The number of alkyl carbamates (subject to hydrolysis) is 1. The molecule has 5 N–H and O–H groups in total. The summed E-state index contributed by atoms with van der Waals surface area (Å²) >= 11 is 0. The molecule has 0 spiro atoms. The Balaban J connectivity index is 1.27. The lowest BCUT2D eigenvalue weighted by Crippen LogP contribution is -2.50. The van der Waals surface area contributed by atoms with Gasteiger partial charge in [0.05, 0.1) is 13.1 Å². The zero-order valence-electron chi connectivity index (χ0n) is 26.1. The summed E-state index contributed by atoms with van der Waals surface area (Å²) in [6.07, 6.45) is 0.334. The van der Waals surface area contributed by atoms with Crippen LogP contribution in [0.25, 0.3) is 21.6 Å². The molecule has 1 aliphatic carbocycles. The smallest absolute Gasteiger partial charge is 0.407 e. The number of carbonyl (C=O) groups excluding carboxylic acids is 4. The van der Waals surface area contributed by atoms with Crippen molar-refractivity contribution in [2.45, 2.75) is 43.7 Å². The normalized spacial score (nSPS) is 12.7. The highest BCUT2D eigenvalue weighted by Crippen LogP contribution is 2.44. The summed E-state index contributed by atoms with van der Waals surface area (Å²) in [5.74, 6) is -3.46. The minimum Gasteiger partial charge on any atom is -0.480 e. The van der Waals surface area contributed by atoms with Crippen LogP contribution < -0.4 is 21.3 Å². The second-order valence-electron chi connectivity index (χ2n) is 11.1. The van der Waals surface area contributed by atoms with Crippen molar-refractivity contribution in [2.24, 2.45) is 5.11 Å². The summed E-state index contributed by atoms with van der Waals surface area (Å²) in [6.45, 7) is -0.744. The lowest BCUT2D eigenvalue weighted by molar-refractivity contribution is -0.141. The molecule has 4 amide bonds. The molecule has 250 valence electrons. The van der Waals surface area contributed by atoms with E-state index in [4.69, 9.17) is 10.3 Å². The summed E-state index contributed by atoms with van der Waals surface area (Å²) in [5, 5.41) is 22.7. The van der Waals surface area contributed by atoms with Crippen LogP contribution in [0, 0.1) is 0 Å². The molecule has 0 aromatic heterocycles. The van der Waals surface area contributed by atoms with Gasteiger partial charge in [-0.05, 0) is 46.2 Å². The minimum absolute atomic E-state index is 0.0453. The zero-order valence-corrected chi connectivity index (χ0v) is 26.1. The number of unbranched alkanes of at least 4 members (excludes halogenated alkanes) is 1. The molecule has 0 heterocycles. The highest BCUT2D eigenvalue weighted by atomic mass is 16.5. The van der Waals surface area contributed by atoms with Gasteiger partial charge in [-0.1, -0.05) is 90.4 Å². The Morgan fingerprint density at radius 1 is 0.792 bits per heavy atom. The monoisotopic (exact) mass is 655 g/mol. The fourth-order valence-electron chi connectivity index (χ4n) is 5.45. The van der Waals surface area contributed by atoms with E-state index in [0.717, 1.165) is 27.8 Å². The summed E-state index contributed by atoms with van der Waals surface area (Å²) < 4.78 is 5.58. The Morgan fingerprint density at radius 3 is 2.06 bits per heavy atom. The van der Waals surface area contributed by atoms with Crippen LogP contribution in [0.3, 0.4) is 0 Å². The first-order valence-corrected chi connectivity index (χ1v) is 15.5. The number of nitrogens with one attached hydrogen (secondary N) is 4. The summed E-state index contributed by atoms with van der Waals surface area (Å²) in [5.41, 5.74) is 13.4. The lowest BCUT2D eigenvalue weighted by Gasteiger charge is -2.20. The van der Waals surface area contributed by atoms with Crippen molar-refractivity contribution < 1.29 is 33.8 Å². The van der Waals surface area contributed by atoms with Gasteiger partial charge in [-0.15, -0.1) is 0 Å². The first-order valence-electron chi connectivity index (χ1n) is 15.5. The average Bonchev–Trinajstić information content (AvgIpc) is 3.41. The topological polar surface area (TPSA) is 212 Å². The van der Waals surface area contributed by atoms with Crippen LogP contribution in [0.15, 0.2) is 84.0 Å². The van der Waals surface area contributed by atoms with Crippen molar-refractivity contribution in [3.63, 3.8) is 0 Å². The molecule has 0 unspecified atom stereocenters. The number of rotatable bonds is 17. The van der Waals surface area contributed by atoms with Crippen LogP contribution in [0.4, 0.5) is 4.79 Å². The number of hydrogen-bond acceptors (Lipinski definition) is 7. The average molecular weight is 656 g/mol. The Hall–Kier alpha value is -5.88. The fourth-order valence-corrected chi connectivity index (χ4v) is 5.45. The predicted octanol–water partition coefficient (Wildman–Crippen LogP) is 3.42. The molecule has 0 fully saturated rings. The predicted molar refractivity (Wildman–Crippen MR) is 176 cm³/mol. The SMILES string of the molecule is [N-]=[N+]=NCCCC[C@@H](NC(=O)OCC1c2ccccc2-c2ccccc21)C(=O)NCC(=O)NCC(=O)N[C@@H](Cc1ccccc1)C(=O)O. The quantitative estimate of drug-likeness (QED) is 0.0632. The van der Waals surface area contributed by atoms with E-state index in [1.54, 1.807) is 30.3 Å². The third kappa shape index (κ3) is 10.1. The van der Waals surface area contributed by atoms with Gasteiger partial charge in [-0.25, -0.2) is 9.59 Å². The van der Waals surface area contributed by atoms with Gasteiger partial charge in [0.15, 0.2) is 0 Å². The fraction of sp³-hybridized carbons (Fsp3) is 0.324. The molecule has 4 rings (SSSR count). The van der Waals surface area contributed by atoms with Gasteiger partial charge in [0.2, 0.25) is 17.7 Å². The van der Waals surface area contributed by atoms with E-state index in [0.29, 0.717) is 12.8 Å². The van der Waals surface area contributed by atoms with E-state index >= 15 is 0 Å². The zero-order chi connectivity index (χ0) is 34.3.